The van der Waals surface area contributed by atoms with E-state index in [2.05, 4.69) is 24.5 Å². The number of carbonyl (C=O) groups excluding carboxylic acids is 1. The molecule has 0 aromatic heterocycles. The van der Waals surface area contributed by atoms with Gasteiger partial charge in [0.25, 0.3) is 5.91 Å². The quantitative estimate of drug-likeness (QED) is 0.885. The molecular weight excluding hydrogens is 248 g/mol. The van der Waals surface area contributed by atoms with Crippen LogP contribution in [0.4, 0.5) is 5.69 Å². The Morgan fingerprint density at radius 3 is 2.72 bits per heavy atom. The molecule has 1 aromatic carbocycles. The normalized spacial score (nSPS) is 14.4. The maximum absolute atomic E-state index is 12.0. The van der Waals surface area contributed by atoms with Gasteiger partial charge >= 0.3 is 0 Å². The van der Waals surface area contributed by atoms with E-state index >= 15 is 0 Å². The van der Waals surface area contributed by atoms with Gasteiger partial charge in [0.05, 0.1) is 0 Å². The zero-order valence-electron chi connectivity index (χ0n) is 11.1. The van der Waals surface area contributed by atoms with Gasteiger partial charge in [0.2, 0.25) is 0 Å². The fourth-order valence-corrected chi connectivity index (χ4v) is 1.90. The van der Waals surface area contributed by atoms with Crippen molar-refractivity contribution < 1.29 is 4.79 Å². The SMILES string of the molecule is CC(C)C(C)NC(=O)c1ccc2c(c1)CCN2.Cl. The van der Waals surface area contributed by atoms with Crippen molar-refractivity contribution in [3.63, 3.8) is 0 Å². The molecule has 1 aliphatic heterocycles. The lowest BCUT2D eigenvalue weighted by molar-refractivity contribution is 0.0930. The van der Waals surface area contributed by atoms with E-state index in [1.807, 2.05) is 25.1 Å². The molecule has 4 heteroatoms. The molecule has 1 heterocycles. The second kappa shape index (κ2) is 6.10. The van der Waals surface area contributed by atoms with Crippen molar-refractivity contribution in [1.82, 2.24) is 5.32 Å². The van der Waals surface area contributed by atoms with Crippen LogP contribution in [-0.4, -0.2) is 18.5 Å². The molecule has 100 valence electrons. The largest absolute Gasteiger partial charge is 0.384 e. The van der Waals surface area contributed by atoms with Crippen molar-refractivity contribution in [1.29, 1.82) is 0 Å². The Morgan fingerprint density at radius 1 is 1.33 bits per heavy atom. The van der Waals surface area contributed by atoms with Gasteiger partial charge in [-0.05, 0) is 43.0 Å². The second-order valence-corrected chi connectivity index (χ2v) is 5.05. The lowest BCUT2D eigenvalue weighted by Gasteiger charge is -2.17. The number of anilines is 1. The predicted octanol–water partition coefficient (Wildman–Crippen LogP) is 2.85. The van der Waals surface area contributed by atoms with Gasteiger partial charge < -0.3 is 10.6 Å². The molecule has 2 rings (SSSR count). The van der Waals surface area contributed by atoms with Gasteiger partial charge in [-0.2, -0.15) is 0 Å². The van der Waals surface area contributed by atoms with Crippen LogP contribution in [0.15, 0.2) is 18.2 Å². The monoisotopic (exact) mass is 268 g/mol. The Bertz CT molecular complexity index is 432. The van der Waals surface area contributed by atoms with E-state index in [0.717, 1.165) is 18.5 Å². The van der Waals surface area contributed by atoms with Crippen molar-refractivity contribution in [3.05, 3.63) is 29.3 Å². The lowest BCUT2D eigenvalue weighted by Crippen LogP contribution is -2.36. The molecule has 1 amide bonds. The first-order valence-electron chi connectivity index (χ1n) is 6.25. The maximum Gasteiger partial charge on any atom is 0.251 e. The van der Waals surface area contributed by atoms with Gasteiger partial charge in [-0.25, -0.2) is 0 Å². The van der Waals surface area contributed by atoms with Crippen LogP contribution >= 0.6 is 12.4 Å². The van der Waals surface area contributed by atoms with Crippen LogP contribution in [0.3, 0.4) is 0 Å². The van der Waals surface area contributed by atoms with Crippen molar-refractivity contribution in [2.45, 2.75) is 33.2 Å². The molecule has 1 aromatic rings. The molecule has 0 aliphatic carbocycles. The molecule has 1 aliphatic rings. The minimum absolute atomic E-state index is 0. The molecule has 0 radical (unpaired) electrons. The standard InChI is InChI=1S/C14H20N2O.ClH/c1-9(2)10(3)16-14(17)12-4-5-13-11(8-12)6-7-15-13;/h4-5,8-10,15H,6-7H2,1-3H3,(H,16,17);1H. The summed E-state index contributed by atoms with van der Waals surface area (Å²) in [5, 5.41) is 6.32. The van der Waals surface area contributed by atoms with Crippen LogP contribution in [0.25, 0.3) is 0 Å². The average molecular weight is 269 g/mol. The summed E-state index contributed by atoms with van der Waals surface area (Å²) in [6, 6.07) is 6.09. The van der Waals surface area contributed by atoms with Crippen LogP contribution < -0.4 is 10.6 Å². The third kappa shape index (κ3) is 3.16. The van der Waals surface area contributed by atoms with Crippen molar-refractivity contribution in [2.75, 3.05) is 11.9 Å². The van der Waals surface area contributed by atoms with E-state index in [-0.39, 0.29) is 24.4 Å². The number of nitrogens with one attached hydrogen (secondary N) is 2. The number of fused-ring (bicyclic) bond motifs is 1. The van der Waals surface area contributed by atoms with Crippen molar-refractivity contribution >= 4 is 24.0 Å². The highest BCUT2D eigenvalue weighted by molar-refractivity contribution is 5.95. The molecule has 1 atom stereocenters. The number of hydrogen-bond acceptors (Lipinski definition) is 2. The summed E-state index contributed by atoms with van der Waals surface area (Å²) in [7, 11) is 0. The fourth-order valence-electron chi connectivity index (χ4n) is 1.90. The van der Waals surface area contributed by atoms with Gasteiger partial charge in [-0.15, -0.1) is 12.4 Å². The van der Waals surface area contributed by atoms with E-state index in [1.54, 1.807) is 0 Å². The fraction of sp³-hybridized carbons (Fsp3) is 0.500. The molecule has 3 nitrogen and oxygen atoms in total. The van der Waals surface area contributed by atoms with Gasteiger partial charge in [-0.3, -0.25) is 4.79 Å². The number of rotatable bonds is 3. The molecule has 18 heavy (non-hydrogen) atoms. The molecule has 0 saturated heterocycles. The summed E-state index contributed by atoms with van der Waals surface area (Å²) in [6.07, 6.45) is 1.01. The summed E-state index contributed by atoms with van der Waals surface area (Å²) < 4.78 is 0. The minimum atomic E-state index is 0. The summed E-state index contributed by atoms with van der Waals surface area (Å²) in [4.78, 5) is 12.0. The summed E-state index contributed by atoms with van der Waals surface area (Å²) >= 11 is 0. The Kier molecular flexibility index (Phi) is 5.03. The lowest BCUT2D eigenvalue weighted by atomic mass is 10.0. The van der Waals surface area contributed by atoms with Gasteiger partial charge in [0.1, 0.15) is 0 Å². The van der Waals surface area contributed by atoms with Crippen LogP contribution in [0, 0.1) is 5.92 Å². The van der Waals surface area contributed by atoms with Crippen molar-refractivity contribution in [3.8, 4) is 0 Å². The summed E-state index contributed by atoms with van der Waals surface area (Å²) in [5.41, 5.74) is 3.17. The van der Waals surface area contributed by atoms with E-state index < -0.39 is 0 Å². The third-order valence-electron chi connectivity index (χ3n) is 3.44. The van der Waals surface area contributed by atoms with Gasteiger partial charge in [0, 0.05) is 23.8 Å². The zero-order chi connectivity index (χ0) is 12.4. The third-order valence-corrected chi connectivity index (χ3v) is 3.44. The number of benzene rings is 1. The molecule has 0 saturated carbocycles. The van der Waals surface area contributed by atoms with Crippen LogP contribution in [0.2, 0.25) is 0 Å². The minimum Gasteiger partial charge on any atom is -0.384 e. The maximum atomic E-state index is 12.0. The zero-order valence-corrected chi connectivity index (χ0v) is 11.9. The topological polar surface area (TPSA) is 41.1 Å². The molecule has 0 bridgehead atoms. The van der Waals surface area contributed by atoms with Crippen LogP contribution in [-0.2, 0) is 6.42 Å². The first kappa shape index (κ1) is 14.8. The number of carbonyl (C=O) groups is 1. The molecule has 1 unspecified atom stereocenters. The molecular formula is C14H21ClN2O. The predicted molar refractivity (Wildman–Crippen MR) is 77.6 cm³/mol. The highest BCUT2D eigenvalue weighted by atomic mass is 35.5. The van der Waals surface area contributed by atoms with Crippen LogP contribution in [0.5, 0.6) is 0 Å². The van der Waals surface area contributed by atoms with E-state index in [9.17, 15) is 4.79 Å². The molecule has 2 N–H and O–H groups in total. The van der Waals surface area contributed by atoms with Crippen LogP contribution in [0.1, 0.15) is 36.7 Å². The smallest absolute Gasteiger partial charge is 0.251 e. The highest BCUT2D eigenvalue weighted by Gasteiger charge is 2.15. The Balaban J connectivity index is 0.00000162. The van der Waals surface area contributed by atoms with Gasteiger partial charge in [-0.1, -0.05) is 13.8 Å². The number of amides is 1. The van der Waals surface area contributed by atoms with Crippen molar-refractivity contribution in [2.24, 2.45) is 5.92 Å². The first-order chi connectivity index (χ1) is 8.08. The van der Waals surface area contributed by atoms with E-state index in [0.29, 0.717) is 5.92 Å². The number of halogens is 1. The Labute approximate surface area is 115 Å². The first-order valence-corrected chi connectivity index (χ1v) is 6.25. The highest BCUT2D eigenvalue weighted by Crippen LogP contribution is 2.23. The number of hydrogen-bond donors (Lipinski definition) is 2. The summed E-state index contributed by atoms with van der Waals surface area (Å²) in [6.45, 7) is 7.23. The van der Waals surface area contributed by atoms with E-state index in [4.69, 9.17) is 0 Å². The Hall–Kier alpha value is -1.22. The summed E-state index contributed by atoms with van der Waals surface area (Å²) in [5.74, 6) is 0.482. The Morgan fingerprint density at radius 2 is 2.06 bits per heavy atom. The van der Waals surface area contributed by atoms with Gasteiger partial charge in [0.15, 0.2) is 0 Å². The molecule has 0 spiro atoms. The average Bonchev–Trinajstić information content (AvgIpc) is 2.75. The molecule has 0 fully saturated rings. The second-order valence-electron chi connectivity index (χ2n) is 5.05. The van der Waals surface area contributed by atoms with E-state index in [1.165, 1.54) is 11.3 Å².